The molecule has 0 aromatic carbocycles. The number of aliphatic hydroxyl groups is 1. The van der Waals surface area contributed by atoms with Crippen LogP contribution in [0, 0.1) is 5.92 Å². The average molecular weight is 271 g/mol. The molecule has 0 bridgehead atoms. The van der Waals surface area contributed by atoms with Gasteiger partial charge in [0.25, 0.3) is 0 Å². The molecular weight excluding hydrogens is 242 g/mol. The van der Waals surface area contributed by atoms with Crippen molar-refractivity contribution in [3.8, 4) is 0 Å². The van der Waals surface area contributed by atoms with E-state index in [1.54, 1.807) is 7.11 Å². The topological polar surface area (TPSA) is 41.9 Å². The van der Waals surface area contributed by atoms with Gasteiger partial charge < -0.3 is 14.6 Å². The molecule has 0 spiro atoms. The SMILES string of the molecule is COCCOCC(O)CN1CCC[C@H]2CCCC[C@H]21. The molecule has 4 nitrogen and oxygen atoms in total. The van der Waals surface area contributed by atoms with E-state index in [0.717, 1.165) is 25.0 Å². The number of fused-ring (bicyclic) bond motifs is 1. The lowest BCUT2D eigenvalue weighted by atomic mass is 9.78. The van der Waals surface area contributed by atoms with E-state index in [0.29, 0.717) is 19.8 Å². The zero-order valence-corrected chi connectivity index (χ0v) is 12.2. The van der Waals surface area contributed by atoms with E-state index >= 15 is 0 Å². The summed E-state index contributed by atoms with van der Waals surface area (Å²) in [5, 5.41) is 10.1. The van der Waals surface area contributed by atoms with Crippen molar-refractivity contribution < 1.29 is 14.6 Å². The lowest BCUT2D eigenvalue weighted by Crippen LogP contribution is -2.50. The van der Waals surface area contributed by atoms with E-state index in [-0.39, 0.29) is 6.10 Å². The van der Waals surface area contributed by atoms with Crippen molar-refractivity contribution in [1.82, 2.24) is 4.90 Å². The fraction of sp³-hybridized carbons (Fsp3) is 1.00. The van der Waals surface area contributed by atoms with Crippen molar-refractivity contribution in [1.29, 1.82) is 0 Å². The maximum absolute atomic E-state index is 10.1. The van der Waals surface area contributed by atoms with Crippen molar-refractivity contribution in [3.63, 3.8) is 0 Å². The van der Waals surface area contributed by atoms with E-state index in [1.807, 2.05) is 0 Å². The number of aliphatic hydroxyl groups excluding tert-OH is 1. The number of hydrogen-bond donors (Lipinski definition) is 1. The Labute approximate surface area is 117 Å². The number of β-amino-alcohol motifs (C(OH)–C–C–N with tert-alkyl or cyclic N) is 1. The van der Waals surface area contributed by atoms with Gasteiger partial charge in [-0.1, -0.05) is 12.8 Å². The molecule has 1 saturated carbocycles. The Morgan fingerprint density at radius 1 is 1.16 bits per heavy atom. The van der Waals surface area contributed by atoms with Crippen LogP contribution in [0.4, 0.5) is 0 Å². The van der Waals surface area contributed by atoms with Crippen molar-refractivity contribution in [2.45, 2.75) is 50.7 Å². The quantitative estimate of drug-likeness (QED) is 0.715. The maximum Gasteiger partial charge on any atom is 0.0900 e. The summed E-state index contributed by atoms with van der Waals surface area (Å²) >= 11 is 0. The Hall–Kier alpha value is -0.160. The smallest absolute Gasteiger partial charge is 0.0900 e. The van der Waals surface area contributed by atoms with Crippen LogP contribution in [0.2, 0.25) is 0 Å². The first kappa shape index (κ1) is 15.2. The maximum atomic E-state index is 10.1. The number of hydrogen-bond acceptors (Lipinski definition) is 4. The number of nitrogens with zero attached hydrogens (tertiary/aromatic N) is 1. The molecule has 2 aliphatic rings. The van der Waals surface area contributed by atoms with E-state index in [4.69, 9.17) is 9.47 Å². The van der Waals surface area contributed by atoms with Crippen LogP contribution < -0.4 is 0 Å². The van der Waals surface area contributed by atoms with Crippen LogP contribution in [0.15, 0.2) is 0 Å². The van der Waals surface area contributed by atoms with Gasteiger partial charge in [-0.2, -0.15) is 0 Å². The van der Waals surface area contributed by atoms with Crippen molar-refractivity contribution in [2.24, 2.45) is 5.92 Å². The Morgan fingerprint density at radius 2 is 1.95 bits per heavy atom. The molecule has 112 valence electrons. The number of piperidine rings is 1. The van der Waals surface area contributed by atoms with Gasteiger partial charge in [-0.15, -0.1) is 0 Å². The molecule has 0 radical (unpaired) electrons. The van der Waals surface area contributed by atoms with Gasteiger partial charge in [0, 0.05) is 19.7 Å². The molecule has 1 heterocycles. The summed E-state index contributed by atoms with van der Waals surface area (Å²) in [6, 6.07) is 0.719. The summed E-state index contributed by atoms with van der Waals surface area (Å²) in [4.78, 5) is 2.51. The third kappa shape index (κ3) is 4.71. The Kier molecular flexibility index (Phi) is 6.57. The van der Waals surface area contributed by atoms with E-state index < -0.39 is 0 Å². The molecule has 4 heteroatoms. The second-order valence-electron chi connectivity index (χ2n) is 5.97. The van der Waals surface area contributed by atoms with E-state index in [2.05, 4.69) is 4.90 Å². The van der Waals surface area contributed by atoms with Gasteiger partial charge in [-0.25, -0.2) is 0 Å². The molecule has 2 rings (SSSR count). The third-order valence-corrected chi connectivity index (χ3v) is 4.55. The number of likely N-dealkylation sites (tertiary alicyclic amines) is 1. The molecule has 3 atom stereocenters. The standard InChI is InChI=1S/C15H29NO3/c1-18-9-10-19-12-14(17)11-16-8-4-6-13-5-2-3-7-15(13)16/h13-15,17H,2-12H2,1H3/t13-,14?,15-/m1/s1. The minimum atomic E-state index is -0.363. The lowest BCUT2D eigenvalue weighted by molar-refractivity contribution is -0.0245. The Balaban J connectivity index is 1.70. The summed E-state index contributed by atoms with van der Waals surface area (Å²) in [5.74, 6) is 0.879. The lowest BCUT2D eigenvalue weighted by Gasteiger charge is -2.44. The molecule has 1 aliphatic carbocycles. The van der Waals surface area contributed by atoms with E-state index in [1.165, 1.54) is 38.5 Å². The fourth-order valence-electron chi connectivity index (χ4n) is 3.64. The van der Waals surface area contributed by atoms with Crippen LogP contribution in [0.1, 0.15) is 38.5 Å². The molecular formula is C15H29NO3. The van der Waals surface area contributed by atoms with Crippen LogP contribution in [0.25, 0.3) is 0 Å². The van der Waals surface area contributed by atoms with Gasteiger partial charge in [0.2, 0.25) is 0 Å². The first-order chi connectivity index (χ1) is 9.31. The first-order valence-electron chi connectivity index (χ1n) is 7.80. The molecule has 2 fully saturated rings. The van der Waals surface area contributed by atoms with Crippen LogP contribution >= 0.6 is 0 Å². The monoisotopic (exact) mass is 271 g/mol. The zero-order chi connectivity index (χ0) is 13.5. The second-order valence-corrected chi connectivity index (χ2v) is 5.97. The fourth-order valence-corrected chi connectivity index (χ4v) is 3.64. The molecule has 0 amide bonds. The van der Waals surface area contributed by atoms with Gasteiger partial charge in [0.05, 0.1) is 25.9 Å². The molecule has 0 aromatic heterocycles. The van der Waals surface area contributed by atoms with Crippen molar-refractivity contribution in [3.05, 3.63) is 0 Å². The molecule has 19 heavy (non-hydrogen) atoms. The van der Waals surface area contributed by atoms with Gasteiger partial charge in [0.1, 0.15) is 0 Å². The molecule has 1 N–H and O–H groups in total. The predicted molar refractivity (Wildman–Crippen MR) is 75.3 cm³/mol. The molecule has 1 unspecified atom stereocenters. The molecule has 1 saturated heterocycles. The highest BCUT2D eigenvalue weighted by atomic mass is 16.5. The number of rotatable bonds is 7. The summed E-state index contributed by atoms with van der Waals surface area (Å²) < 4.78 is 10.3. The summed E-state index contributed by atoms with van der Waals surface area (Å²) in [6.45, 7) is 3.52. The summed E-state index contributed by atoms with van der Waals surface area (Å²) in [5.41, 5.74) is 0. The zero-order valence-electron chi connectivity index (χ0n) is 12.2. The second kappa shape index (κ2) is 8.20. The highest BCUT2D eigenvalue weighted by Crippen LogP contribution is 2.35. The Morgan fingerprint density at radius 3 is 2.79 bits per heavy atom. The van der Waals surface area contributed by atoms with Crippen molar-refractivity contribution >= 4 is 0 Å². The number of ether oxygens (including phenoxy) is 2. The highest BCUT2D eigenvalue weighted by molar-refractivity contribution is 4.88. The van der Waals surface area contributed by atoms with Crippen LogP contribution in [-0.2, 0) is 9.47 Å². The molecule has 0 aromatic rings. The Bertz CT molecular complexity index is 248. The van der Waals surface area contributed by atoms with Crippen LogP contribution in [0.5, 0.6) is 0 Å². The minimum absolute atomic E-state index is 0.363. The first-order valence-corrected chi connectivity index (χ1v) is 7.80. The van der Waals surface area contributed by atoms with Crippen molar-refractivity contribution in [2.75, 3.05) is 40.0 Å². The number of methoxy groups -OCH3 is 1. The van der Waals surface area contributed by atoms with Crippen LogP contribution in [0.3, 0.4) is 0 Å². The van der Waals surface area contributed by atoms with Gasteiger partial charge in [-0.3, -0.25) is 4.90 Å². The largest absolute Gasteiger partial charge is 0.389 e. The normalized spacial score (nSPS) is 30.0. The average Bonchev–Trinajstić information content (AvgIpc) is 2.44. The summed E-state index contributed by atoms with van der Waals surface area (Å²) in [7, 11) is 1.66. The van der Waals surface area contributed by atoms with Gasteiger partial charge in [0.15, 0.2) is 0 Å². The third-order valence-electron chi connectivity index (χ3n) is 4.55. The van der Waals surface area contributed by atoms with Crippen LogP contribution in [-0.4, -0.2) is 62.2 Å². The summed E-state index contributed by atoms with van der Waals surface area (Å²) in [6.07, 6.45) is 7.79. The molecule has 1 aliphatic heterocycles. The predicted octanol–water partition coefficient (Wildman–Crippen LogP) is 1.66. The van der Waals surface area contributed by atoms with E-state index in [9.17, 15) is 5.11 Å². The van der Waals surface area contributed by atoms with Gasteiger partial charge >= 0.3 is 0 Å². The highest BCUT2D eigenvalue weighted by Gasteiger charge is 2.33. The minimum Gasteiger partial charge on any atom is -0.389 e. The van der Waals surface area contributed by atoms with Gasteiger partial charge in [-0.05, 0) is 38.1 Å².